The SMILES string of the molecule is COc1cccc(Cn2cc(NC(=O)CCn3nc(C(F)(F)F)c(Br)c3C)cn2)c1. The van der Waals surface area contributed by atoms with Gasteiger partial charge in [-0.05, 0) is 40.5 Å². The number of anilines is 1. The predicted molar refractivity (Wildman–Crippen MR) is 107 cm³/mol. The molecular weight excluding hydrogens is 467 g/mol. The van der Waals surface area contributed by atoms with Crippen molar-refractivity contribution >= 4 is 27.5 Å². The van der Waals surface area contributed by atoms with Crippen molar-refractivity contribution in [2.45, 2.75) is 32.6 Å². The average Bonchev–Trinajstić information content (AvgIpc) is 3.24. The van der Waals surface area contributed by atoms with Gasteiger partial charge < -0.3 is 10.1 Å². The number of alkyl halides is 3. The van der Waals surface area contributed by atoms with Crippen molar-refractivity contribution in [3.63, 3.8) is 0 Å². The van der Waals surface area contributed by atoms with Crippen LogP contribution in [0.15, 0.2) is 41.1 Å². The number of nitrogens with zero attached hydrogens (tertiary/aromatic N) is 4. The smallest absolute Gasteiger partial charge is 0.436 e. The molecule has 11 heteroatoms. The quantitative estimate of drug-likeness (QED) is 0.542. The van der Waals surface area contributed by atoms with Gasteiger partial charge in [0.2, 0.25) is 5.91 Å². The Kier molecular flexibility index (Phi) is 6.49. The fourth-order valence-electron chi connectivity index (χ4n) is 2.83. The van der Waals surface area contributed by atoms with Gasteiger partial charge >= 0.3 is 6.18 Å². The highest BCUT2D eigenvalue weighted by molar-refractivity contribution is 9.10. The maximum Gasteiger partial charge on any atom is 0.436 e. The standard InChI is InChI=1S/C19H19BrF3N5O2/c1-12-17(20)18(19(21,22)23)26-28(12)7-6-16(29)25-14-9-24-27(11-14)10-13-4-3-5-15(8-13)30-2/h3-5,8-9,11H,6-7,10H2,1-2H3,(H,25,29). The Hall–Kier alpha value is -2.82. The highest BCUT2D eigenvalue weighted by atomic mass is 79.9. The van der Waals surface area contributed by atoms with E-state index in [9.17, 15) is 18.0 Å². The summed E-state index contributed by atoms with van der Waals surface area (Å²) in [4.78, 5) is 12.2. The van der Waals surface area contributed by atoms with Gasteiger partial charge in [-0.2, -0.15) is 23.4 Å². The number of carbonyl (C=O) groups is 1. The monoisotopic (exact) mass is 485 g/mol. The minimum atomic E-state index is -4.56. The van der Waals surface area contributed by atoms with E-state index in [0.717, 1.165) is 11.3 Å². The summed E-state index contributed by atoms with van der Waals surface area (Å²) in [6.07, 6.45) is -1.41. The third-order valence-corrected chi connectivity index (χ3v) is 5.30. The van der Waals surface area contributed by atoms with E-state index in [4.69, 9.17) is 4.74 Å². The molecule has 0 bridgehead atoms. The van der Waals surface area contributed by atoms with Crippen molar-refractivity contribution < 1.29 is 22.7 Å². The largest absolute Gasteiger partial charge is 0.497 e. The first-order valence-electron chi connectivity index (χ1n) is 8.92. The van der Waals surface area contributed by atoms with Gasteiger partial charge in [-0.25, -0.2) is 0 Å². The molecule has 0 saturated carbocycles. The normalized spacial score (nSPS) is 11.5. The highest BCUT2D eigenvalue weighted by Gasteiger charge is 2.37. The molecular formula is C19H19BrF3N5O2. The third-order valence-electron chi connectivity index (χ3n) is 4.35. The summed E-state index contributed by atoms with van der Waals surface area (Å²) >= 11 is 2.91. The highest BCUT2D eigenvalue weighted by Crippen LogP contribution is 2.35. The summed E-state index contributed by atoms with van der Waals surface area (Å²) < 4.78 is 46.7. The number of ether oxygens (including phenoxy) is 1. The Bertz CT molecular complexity index is 1050. The first kappa shape index (κ1) is 21.9. The molecule has 0 aliphatic carbocycles. The number of carbonyl (C=O) groups excluding carboxylic acids is 1. The topological polar surface area (TPSA) is 74.0 Å². The van der Waals surface area contributed by atoms with E-state index in [0.29, 0.717) is 17.9 Å². The molecule has 0 spiro atoms. The molecule has 2 aromatic heterocycles. The number of halogens is 4. The zero-order valence-corrected chi connectivity index (χ0v) is 17.8. The summed E-state index contributed by atoms with van der Waals surface area (Å²) in [5.74, 6) is 0.387. The molecule has 30 heavy (non-hydrogen) atoms. The minimum absolute atomic E-state index is 0.0181. The lowest BCUT2D eigenvalue weighted by atomic mass is 10.2. The molecule has 0 aliphatic rings. The van der Waals surface area contributed by atoms with Crippen LogP contribution in [-0.2, 0) is 24.1 Å². The molecule has 0 fully saturated rings. The summed E-state index contributed by atoms with van der Waals surface area (Å²) in [7, 11) is 1.59. The van der Waals surface area contributed by atoms with Crippen LogP contribution in [0.25, 0.3) is 0 Å². The van der Waals surface area contributed by atoms with E-state index in [2.05, 4.69) is 31.4 Å². The lowest BCUT2D eigenvalue weighted by Crippen LogP contribution is -2.16. The molecule has 1 N–H and O–H groups in total. The molecule has 0 aliphatic heterocycles. The fourth-order valence-corrected chi connectivity index (χ4v) is 3.34. The fraction of sp³-hybridized carbons (Fsp3) is 0.316. The second kappa shape index (κ2) is 8.90. The zero-order chi connectivity index (χ0) is 21.9. The van der Waals surface area contributed by atoms with Gasteiger partial charge in [-0.3, -0.25) is 14.2 Å². The van der Waals surface area contributed by atoms with Crippen molar-refractivity contribution in [2.24, 2.45) is 0 Å². The van der Waals surface area contributed by atoms with Crippen LogP contribution in [0.2, 0.25) is 0 Å². The number of nitrogens with one attached hydrogen (secondary N) is 1. The molecule has 0 unspecified atom stereocenters. The number of hydrogen-bond acceptors (Lipinski definition) is 4. The lowest BCUT2D eigenvalue weighted by Gasteiger charge is -2.06. The summed E-state index contributed by atoms with van der Waals surface area (Å²) in [6, 6.07) is 7.54. The Balaban J connectivity index is 1.57. The molecule has 7 nitrogen and oxygen atoms in total. The van der Waals surface area contributed by atoms with Crippen LogP contribution in [0.4, 0.5) is 18.9 Å². The molecule has 0 radical (unpaired) electrons. The van der Waals surface area contributed by atoms with Gasteiger partial charge in [0.1, 0.15) is 5.75 Å². The number of benzene rings is 1. The number of amides is 1. The number of methoxy groups -OCH3 is 1. The minimum Gasteiger partial charge on any atom is -0.497 e. The Morgan fingerprint density at radius 1 is 1.33 bits per heavy atom. The van der Waals surface area contributed by atoms with E-state index in [-0.39, 0.29) is 23.3 Å². The molecule has 3 aromatic rings. The van der Waals surface area contributed by atoms with E-state index < -0.39 is 11.9 Å². The van der Waals surface area contributed by atoms with Gasteiger partial charge in [-0.1, -0.05) is 12.1 Å². The maximum atomic E-state index is 12.9. The van der Waals surface area contributed by atoms with Crippen molar-refractivity contribution in [3.05, 3.63) is 58.1 Å². The maximum absolute atomic E-state index is 12.9. The lowest BCUT2D eigenvalue weighted by molar-refractivity contribution is -0.142. The van der Waals surface area contributed by atoms with Gasteiger partial charge in [0.25, 0.3) is 0 Å². The summed E-state index contributed by atoms with van der Waals surface area (Å²) in [5.41, 5.74) is 0.785. The van der Waals surface area contributed by atoms with Crippen LogP contribution >= 0.6 is 15.9 Å². The third kappa shape index (κ3) is 5.21. The molecule has 0 atom stereocenters. The Morgan fingerprint density at radius 3 is 2.77 bits per heavy atom. The van der Waals surface area contributed by atoms with Crippen LogP contribution in [0.3, 0.4) is 0 Å². The van der Waals surface area contributed by atoms with Crippen LogP contribution in [0.5, 0.6) is 5.75 Å². The number of hydrogen-bond donors (Lipinski definition) is 1. The first-order valence-corrected chi connectivity index (χ1v) is 9.72. The summed E-state index contributed by atoms with van der Waals surface area (Å²) in [6.45, 7) is 2.02. The van der Waals surface area contributed by atoms with Crippen LogP contribution in [-0.4, -0.2) is 32.6 Å². The van der Waals surface area contributed by atoms with Gasteiger partial charge in [0.05, 0.1) is 42.3 Å². The molecule has 2 heterocycles. The van der Waals surface area contributed by atoms with Crippen LogP contribution in [0, 0.1) is 6.92 Å². The van der Waals surface area contributed by atoms with E-state index >= 15 is 0 Å². The van der Waals surface area contributed by atoms with Crippen molar-refractivity contribution in [3.8, 4) is 5.75 Å². The number of rotatable bonds is 7. The summed E-state index contributed by atoms with van der Waals surface area (Å²) in [5, 5.41) is 10.5. The molecule has 1 amide bonds. The molecule has 0 saturated heterocycles. The predicted octanol–water partition coefficient (Wildman–Crippen LogP) is 4.26. The number of aromatic nitrogens is 4. The van der Waals surface area contributed by atoms with Crippen LogP contribution in [0.1, 0.15) is 23.4 Å². The van der Waals surface area contributed by atoms with Crippen LogP contribution < -0.4 is 10.1 Å². The number of aryl methyl sites for hydroxylation is 1. The van der Waals surface area contributed by atoms with Crippen molar-refractivity contribution in [2.75, 3.05) is 12.4 Å². The second-order valence-corrected chi connectivity index (χ2v) is 7.34. The first-order chi connectivity index (χ1) is 14.2. The Morgan fingerprint density at radius 2 is 2.10 bits per heavy atom. The molecule has 1 aromatic carbocycles. The average molecular weight is 486 g/mol. The zero-order valence-electron chi connectivity index (χ0n) is 16.2. The second-order valence-electron chi connectivity index (χ2n) is 6.55. The van der Waals surface area contributed by atoms with E-state index in [1.54, 1.807) is 18.0 Å². The Labute approximate surface area is 179 Å². The van der Waals surface area contributed by atoms with Gasteiger partial charge in [0, 0.05) is 12.6 Å². The van der Waals surface area contributed by atoms with E-state index in [1.165, 1.54) is 17.8 Å². The van der Waals surface area contributed by atoms with Crippen molar-refractivity contribution in [1.82, 2.24) is 19.6 Å². The molecule has 160 valence electrons. The molecule has 3 rings (SSSR count). The van der Waals surface area contributed by atoms with Gasteiger partial charge in [0.15, 0.2) is 5.69 Å². The van der Waals surface area contributed by atoms with E-state index in [1.807, 2.05) is 24.3 Å². The van der Waals surface area contributed by atoms with Gasteiger partial charge in [-0.15, -0.1) is 0 Å². The van der Waals surface area contributed by atoms with Crippen molar-refractivity contribution in [1.29, 1.82) is 0 Å².